The van der Waals surface area contributed by atoms with Crippen molar-refractivity contribution in [3.05, 3.63) is 83.0 Å². The minimum absolute atomic E-state index is 0.255. The molecule has 0 saturated heterocycles. The van der Waals surface area contributed by atoms with Gasteiger partial charge in [0.1, 0.15) is 11.3 Å². The first-order valence-electron chi connectivity index (χ1n) is 8.46. The van der Waals surface area contributed by atoms with E-state index >= 15 is 0 Å². The summed E-state index contributed by atoms with van der Waals surface area (Å²) in [5, 5.41) is 3.47. The molecule has 3 rings (SSSR count). The van der Waals surface area contributed by atoms with Crippen LogP contribution in [0.5, 0.6) is 11.6 Å². The summed E-state index contributed by atoms with van der Waals surface area (Å²) in [6.45, 7) is 0.322. The third kappa shape index (κ3) is 4.77. The van der Waals surface area contributed by atoms with Gasteiger partial charge in [0.15, 0.2) is 0 Å². The SMILES string of the molecule is CN(C)c1cccc(Oc2ncccc2C(=O)NCc2ccccc2Cl)c1. The van der Waals surface area contributed by atoms with Crippen LogP contribution in [0.2, 0.25) is 5.02 Å². The second kappa shape index (κ2) is 8.56. The molecule has 0 aliphatic rings. The first-order valence-corrected chi connectivity index (χ1v) is 8.84. The van der Waals surface area contributed by atoms with Gasteiger partial charge in [-0.25, -0.2) is 4.98 Å². The first-order chi connectivity index (χ1) is 13.0. The standard InChI is InChI=1S/C21H20ClN3O2/c1-25(2)16-8-5-9-17(13-16)27-21-18(10-6-12-23-21)20(26)24-14-15-7-3-4-11-19(15)22/h3-13H,14H2,1-2H3,(H,24,26). The van der Waals surface area contributed by atoms with Crippen LogP contribution in [-0.2, 0) is 6.54 Å². The second-order valence-corrected chi connectivity index (χ2v) is 6.53. The smallest absolute Gasteiger partial charge is 0.257 e. The number of halogens is 1. The van der Waals surface area contributed by atoms with Gasteiger partial charge in [0, 0.05) is 43.6 Å². The van der Waals surface area contributed by atoms with E-state index in [0.717, 1.165) is 11.3 Å². The molecular weight excluding hydrogens is 362 g/mol. The Balaban J connectivity index is 1.76. The predicted molar refractivity (Wildman–Crippen MR) is 108 cm³/mol. The Kier molecular flexibility index (Phi) is 5.94. The van der Waals surface area contributed by atoms with Gasteiger partial charge in [-0.3, -0.25) is 4.79 Å². The Morgan fingerprint density at radius 2 is 1.93 bits per heavy atom. The second-order valence-electron chi connectivity index (χ2n) is 6.12. The lowest BCUT2D eigenvalue weighted by atomic mass is 10.2. The maximum Gasteiger partial charge on any atom is 0.257 e. The largest absolute Gasteiger partial charge is 0.438 e. The van der Waals surface area contributed by atoms with Crippen LogP contribution in [0, 0.1) is 0 Å². The zero-order valence-electron chi connectivity index (χ0n) is 15.1. The van der Waals surface area contributed by atoms with Crippen molar-refractivity contribution < 1.29 is 9.53 Å². The molecule has 5 nitrogen and oxygen atoms in total. The average molecular weight is 382 g/mol. The van der Waals surface area contributed by atoms with Gasteiger partial charge in [0.05, 0.1) is 0 Å². The molecule has 0 radical (unpaired) electrons. The topological polar surface area (TPSA) is 54.5 Å². The summed E-state index contributed by atoms with van der Waals surface area (Å²) >= 11 is 6.14. The molecule has 0 spiro atoms. The number of benzene rings is 2. The maximum absolute atomic E-state index is 12.6. The van der Waals surface area contributed by atoms with E-state index in [2.05, 4.69) is 10.3 Å². The lowest BCUT2D eigenvalue weighted by Crippen LogP contribution is -2.23. The van der Waals surface area contributed by atoms with Crippen LogP contribution in [0.4, 0.5) is 5.69 Å². The maximum atomic E-state index is 12.6. The van der Waals surface area contributed by atoms with Crippen molar-refractivity contribution in [2.75, 3.05) is 19.0 Å². The van der Waals surface area contributed by atoms with E-state index in [1.165, 1.54) is 0 Å². The number of carbonyl (C=O) groups excluding carboxylic acids is 1. The summed E-state index contributed by atoms with van der Waals surface area (Å²) in [7, 11) is 3.90. The van der Waals surface area contributed by atoms with Crippen LogP contribution in [-0.4, -0.2) is 25.0 Å². The molecule has 1 heterocycles. The van der Waals surface area contributed by atoms with Crippen LogP contribution >= 0.6 is 11.6 Å². The van der Waals surface area contributed by atoms with E-state index in [1.54, 1.807) is 24.4 Å². The van der Waals surface area contributed by atoms with Crippen molar-refractivity contribution in [3.8, 4) is 11.6 Å². The fourth-order valence-electron chi connectivity index (χ4n) is 2.49. The van der Waals surface area contributed by atoms with E-state index in [0.29, 0.717) is 22.9 Å². The number of nitrogens with one attached hydrogen (secondary N) is 1. The third-order valence-electron chi connectivity index (χ3n) is 3.96. The Bertz CT molecular complexity index is 944. The Morgan fingerprint density at radius 1 is 1.11 bits per heavy atom. The number of amides is 1. The van der Waals surface area contributed by atoms with E-state index in [9.17, 15) is 4.79 Å². The van der Waals surface area contributed by atoms with Crippen molar-refractivity contribution in [3.63, 3.8) is 0 Å². The average Bonchev–Trinajstić information content (AvgIpc) is 2.68. The minimum Gasteiger partial charge on any atom is -0.438 e. The predicted octanol–water partition coefficient (Wildman–Crippen LogP) is 4.52. The highest BCUT2D eigenvalue weighted by Crippen LogP contribution is 2.26. The molecule has 3 aromatic rings. The molecule has 0 aliphatic heterocycles. The van der Waals surface area contributed by atoms with Gasteiger partial charge in [0.25, 0.3) is 5.91 Å². The number of rotatable bonds is 6. The zero-order chi connectivity index (χ0) is 19.2. The molecule has 0 bridgehead atoms. The van der Waals surface area contributed by atoms with E-state index in [4.69, 9.17) is 16.3 Å². The van der Waals surface area contributed by atoms with Crippen LogP contribution in [0.15, 0.2) is 66.9 Å². The molecule has 2 aromatic carbocycles. The van der Waals surface area contributed by atoms with Gasteiger partial charge < -0.3 is 15.0 Å². The number of carbonyl (C=O) groups is 1. The number of hydrogen-bond acceptors (Lipinski definition) is 4. The highest BCUT2D eigenvalue weighted by molar-refractivity contribution is 6.31. The summed E-state index contributed by atoms with van der Waals surface area (Å²) < 4.78 is 5.87. The monoisotopic (exact) mass is 381 g/mol. The molecule has 138 valence electrons. The van der Waals surface area contributed by atoms with Crippen molar-refractivity contribution in [1.82, 2.24) is 10.3 Å². The molecule has 1 amide bonds. The molecule has 0 fully saturated rings. The highest BCUT2D eigenvalue weighted by Gasteiger charge is 2.15. The Morgan fingerprint density at radius 3 is 2.70 bits per heavy atom. The number of pyridine rings is 1. The summed E-state index contributed by atoms with van der Waals surface area (Å²) in [4.78, 5) is 18.8. The number of nitrogens with zero attached hydrogens (tertiary/aromatic N) is 2. The number of ether oxygens (including phenoxy) is 1. The summed E-state index contributed by atoms with van der Waals surface area (Å²) in [6, 6.07) is 18.4. The number of hydrogen-bond donors (Lipinski definition) is 1. The summed E-state index contributed by atoms with van der Waals surface area (Å²) in [5.74, 6) is 0.590. The summed E-state index contributed by atoms with van der Waals surface area (Å²) in [5.41, 5.74) is 2.20. The van der Waals surface area contributed by atoms with E-state index in [-0.39, 0.29) is 11.8 Å². The third-order valence-corrected chi connectivity index (χ3v) is 4.33. The number of anilines is 1. The number of aromatic nitrogens is 1. The molecule has 0 saturated carbocycles. The molecule has 1 aromatic heterocycles. The van der Waals surface area contributed by atoms with Crippen LogP contribution in [0.1, 0.15) is 15.9 Å². The van der Waals surface area contributed by atoms with Gasteiger partial charge in [0.2, 0.25) is 5.88 Å². The quantitative estimate of drug-likeness (QED) is 0.681. The van der Waals surface area contributed by atoms with Crippen molar-refractivity contribution in [2.45, 2.75) is 6.54 Å². The highest BCUT2D eigenvalue weighted by atomic mass is 35.5. The van der Waals surface area contributed by atoms with Gasteiger partial charge in [-0.05, 0) is 35.9 Å². The molecule has 6 heteroatoms. The first kappa shape index (κ1) is 18.7. The van der Waals surface area contributed by atoms with Gasteiger partial charge >= 0.3 is 0 Å². The lowest BCUT2D eigenvalue weighted by molar-refractivity contribution is 0.0948. The van der Waals surface area contributed by atoms with Gasteiger partial charge in [-0.15, -0.1) is 0 Å². The molecule has 0 aliphatic carbocycles. The lowest BCUT2D eigenvalue weighted by Gasteiger charge is -2.14. The molecular formula is C21H20ClN3O2. The van der Waals surface area contributed by atoms with Crippen LogP contribution in [0.3, 0.4) is 0 Å². The van der Waals surface area contributed by atoms with Gasteiger partial charge in [-0.2, -0.15) is 0 Å². The molecule has 0 unspecified atom stereocenters. The molecule has 27 heavy (non-hydrogen) atoms. The molecule has 1 N–H and O–H groups in total. The van der Waals surface area contributed by atoms with Crippen molar-refractivity contribution >= 4 is 23.2 Å². The van der Waals surface area contributed by atoms with Crippen molar-refractivity contribution in [1.29, 1.82) is 0 Å². The molecule has 0 atom stereocenters. The fraction of sp³-hybridized carbons (Fsp3) is 0.143. The van der Waals surface area contributed by atoms with Crippen LogP contribution < -0.4 is 15.0 Å². The van der Waals surface area contributed by atoms with Crippen LogP contribution in [0.25, 0.3) is 0 Å². The fourth-order valence-corrected chi connectivity index (χ4v) is 2.70. The normalized spacial score (nSPS) is 10.3. The Hall–Kier alpha value is -3.05. The van der Waals surface area contributed by atoms with E-state index in [1.807, 2.05) is 61.5 Å². The Labute approximate surface area is 163 Å². The minimum atomic E-state index is -0.276. The van der Waals surface area contributed by atoms with Crippen molar-refractivity contribution in [2.24, 2.45) is 0 Å². The van der Waals surface area contributed by atoms with Gasteiger partial charge in [-0.1, -0.05) is 35.9 Å². The summed E-state index contributed by atoms with van der Waals surface area (Å²) in [6.07, 6.45) is 1.59. The van der Waals surface area contributed by atoms with E-state index < -0.39 is 0 Å². The zero-order valence-corrected chi connectivity index (χ0v) is 15.9.